The number of amides is 1. The zero-order valence-electron chi connectivity index (χ0n) is 21.4. The van der Waals surface area contributed by atoms with Crippen molar-refractivity contribution < 1.29 is 24.2 Å². The molecule has 7 nitrogen and oxygen atoms in total. The lowest BCUT2D eigenvalue weighted by molar-refractivity contribution is -0.132. The molecule has 5 rings (SSSR count). The van der Waals surface area contributed by atoms with E-state index in [9.17, 15) is 14.7 Å². The van der Waals surface area contributed by atoms with Crippen LogP contribution in [0, 0.1) is 0 Å². The highest BCUT2D eigenvalue weighted by Gasteiger charge is 2.48. The Kier molecular flexibility index (Phi) is 8.03. The molecule has 1 saturated heterocycles. The Morgan fingerprint density at radius 1 is 0.974 bits per heavy atom. The summed E-state index contributed by atoms with van der Waals surface area (Å²) in [6.45, 7) is 3.04. The molecule has 1 aliphatic rings. The molecule has 8 heteroatoms. The summed E-state index contributed by atoms with van der Waals surface area (Å²) >= 11 is 1.25. The summed E-state index contributed by atoms with van der Waals surface area (Å²) in [5.74, 6) is -0.544. The number of hydrogen-bond donors (Lipinski definition) is 1. The fourth-order valence-electron chi connectivity index (χ4n) is 4.39. The van der Waals surface area contributed by atoms with Gasteiger partial charge >= 0.3 is 5.91 Å². The standard InChI is InChI=1S/C31H28N2O5S/c1-2-3-17-37-25-11-7-10-23(19-25)28(34)26-27(33(30(36)29(26)35)31-32-16-18-39-31)22-12-14-24(15-13-22)38-20-21-8-5-4-6-9-21/h4-16,18-19,27,34H,2-3,17,20H2,1H3. The van der Waals surface area contributed by atoms with Crippen molar-refractivity contribution in [3.8, 4) is 11.5 Å². The molecule has 0 aliphatic carbocycles. The Morgan fingerprint density at radius 2 is 1.77 bits per heavy atom. The van der Waals surface area contributed by atoms with Gasteiger partial charge in [0.1, 0.15) is 23.9 Å². The van der Waals surface area contributed by atoms with E-state index in [1.807, 2.05) is 30.3 Å². The fraction of sp³-hybridized carbons (Fsp3) is 0.194. The summed E-state index contributed by atoms with van der Waals surface area (Å²) in [6, 6.07) is 23.1. The first-order valence-corrected chi connectivity index (χ1v) is 13.6. The number of benzene rings is 3. The van der Waals surface area contributed by atoms with Crippen molar-refractivity contribution in [3.63, 3.8) is 0 Å². The normalized spacial score (nSPS) is 16.4. The van der Waals surface area contributed by atoms with Gasteiger partial charge in [0.05, 0.1) is 18.2 Å². The predicted molar refractivity (Wildman–Crippen MR) is 151 cm³/mol. The van der Waals surface area contributed by atoms with Crippen LogP contribution in [0.3, 0.4) is 0 Å². The number of ketones is 1. The van der Waals surface area contributed by atoms with Gasteiger partial charge in [0.2, 0.25) is 0 Å². The zero-order valence-corrected chi connectivity index (χ0v) is 22.3. The largest absolute Gasteiger partial charge is 0.507 e. The average molecular weight is 541 g/mol. The van der Waals surface area contributed by atoms with Crippen molar-refractivity contribution >= 4 is 33.9 Å². The number of anilines is 1. The van der Waals surface area contributed by atoms with E-state index in [1.54, 1.807) is 60.1 Å². The number of carbonyl (C=O) groups excluding carboxylic acids is 2. The lowest BCUT2D eigenvalue weighted by Crippen LogP contribution is -2.29. The Labute approximate surface area is 231 Å². The van der Waals surface area contributed by atoms with Crippen LogP contribution in [-0.4, -0.2) is 28.4 Å². The van der Waals surface area contributed by atoms with Crippen LogP contribution in [0.15, 0.2) is 96.0 Å². The molecule has 0 radical (unpaired) electrons. The van der Waals surface area contributed by atoms with Gasteiger partial charge in [0.15, 0.2) is 5.13 Å². The van der Waals surface area contributed by atoms with Crippen LogP contribution < -0.4 is 14.4 Å². The van der Waals surface area contributed by atoms with E-state index >= 15 is 0 Å². The lowest BCUT2D eigenvalue weighted by atomic mass is 9.95. The highest BCUT2D eigenvalue weighted by molar-refractivity contribution is 7.14. The summed E-state index contributed by atoms with van der Waals surface area (Å²) in [6.07, 6.45) is 3.48. The molecule has 2 heterocycles. The van der Waals surface area contributed by atoms with E-state index in [-0.39, 0.29) is 11.3 Å². The number of aliphatic hydroxyl groups excluding tert-OH is 1. The third-order valence-corrected chi connectivity index (χ3v) is 7.16. The molecular weight excluding hydrogens is 512 g/mol. The van der Waals surface area contributed by atoms with E-state index in [0.29, 0.717) is 41.0 Å². The first kappa shape index (κ1) is 26.2. The second-order valence-corrected chi connectivity index (χ2v) is 9.93. The molecule has 1 atom stereocenters. The van der Waals surface area contributed by atoms with Gasteiger partial charge < -0.3 is 14.6 Å². The first-order valence-electron chi connectivity index (χ1n) is 12.8. The maximum absolute atomic E-state index is 13.3. The molecular formula is C31H28N2O5S. The van der Waals surface area contributed by atoms with Crippen LogP contribution in [0.2, 0.25) is 0 Å². The van der Waals surface area contributed by atoms with Crippen molar-refractivity contribution in [1.82, 2.24) is 4.98 Å². The van der Waals surface area contributed by atoms with Crippen LogP contribution in [0.1, 0.15) is 42.5 Å². The minimum absolute atomic E-state index is 0.00105. The molecule has 1 N–H and O–H groups in total. The minimum atomic E-state index is -0.857. The molecule has 1 aliphatic heterocycles. The van der Waals surface area contributed by atoms with Gasteiger partial charge in [-0.3, -0.25) is 14.5 Å². The second kappa shape index (κ2) is 12.0. The number of rotatable bonds is 10. The van der Waals surface area contributed by atoms with Gasteiger partial charge in [-0.2, -0.15) is 0 Å². The zero-order chi connectivity index (χ0) is 27.2. The highest BCUT2D eigenvalue weighted by Crippen LogP contribution is 2.43. The summed E-state index contributed by atoms with van der Waals surface area (Å²) < 4.78 is 11.7. The number of Topliss-reactive ketones (excluding diaryl/α,β-unsaturated/α-hetero) is 1. The number of hydrogen-bond acceptors (Lipinski definition) is 7. The first-order chi connectivity index (χ1) is 19.1. The van der Waals surface area contributed by atoms with Crippen LogP contribution >= 0.6 is 11.3 Å². The summed E-state index contributed by atoms with van der Waals surface area (Å²) in [7, 11) is 0. The van der Waals surface area contributed by atoms with Gasteiger partial charge in [0.25, 0.3) is 5.78 Å². The van der Waals surface area contributed by atoms with Gasteiger partial charge in [-0.15, -0.1) is 11.3 Å². The van der Waals surface area contributed by atoms with Gasteiger partial charge in [-0.25, -0.2) is 4.98 Å². The molecule has 1 amide bonds. The number of nitrogens with zero attached hydrogens (tertiary/aromatic N) is 2. The number of carbonyl (C=O) groups is 2. The SMILES string of the molecule is CCCCOc1cccc(C(O)=C2C(=O)C(=O)N(c3nccs3)C2c2ccc(OCc3ccccc3)cc2)c1. The van der Waals surface area contributed by atoms with Crippen molar-refractivity contribution in [2.45, 2.75) is 32.4 Å². The molecule has 4 aromatic rings. The second-order valence-electron chi connectivity index (χ2n) is 9.06. The van der Waals surface area contributed by atoms with E-state index in [1.165, 1.54) is 16.2 Å². The van der Waals surface area contributed by atoms with Gasteiger partial charge in [-0.05, 0) is 41.8 Å². The van der Waals surface area contributed by atoms with Crippen LogP contribution in [0.5, 0.6) is 11.5 Å². The summed E-state index contributed by atoms with van der Waals surface area (Å²) in [5.41, 5.74) is 2.08. The average Bonchev–Trinajstić information content (AvgIpc) is 3.59. The Morgan fingerprint density at radius 3 is 2.49 bits per heavy atom. The third-order valence-electron chi connectivity index (χ3n) is 6.39. The lowest BCUT2D eigenvalue weighted by Gasteiger charge is -2.23. The number of aromatic nitrogens is 1. The Hall–Kier alpha value is -4.43. The summed E-state index contributed by atoms with van der Waals surface area (Å²) in [4.78, 5) is 32.2. The summed E-state index contributed by atoms with van der Waals surface area (Å²) in [5, 5.41) is 13.5. The van der Waals surface area contributed by atoms with Crippen LogP contribution in [0.4, 0.5) is 5.13 Å². The predicted octanol–water partition coefficient (Wildman–Crippen LogP) is 6.53. The van der Waals surface area contributed by atoms with Crippen LogP contribution in [0.25, 0.3) is 5.76 Å². The molecule has 1 unspecified atom stereocenters. The molecule has 0 spiro atoms. The number of thiazole rings is 1. The monoisotopic (exact) mass is 540 g/mol. The molecule has 198 valence electrons. The number of aliphatic hydroxyl groups is 1. The van der Waals surface area contributed by atoms with E-state index in [4.69, 9.17) is 9.47 Å². The van der Waals surface area contributed by atoms with Crippen LogP contribution in [-0.2, 0) is 16.2 Å². The Balaban J connectivity index is 1.50. The molecule has 0 saturated carbocycles. The van der Waals surface area contributed by atoms with E-state index in [2.05, 4.69) is 11.9 Å². The molecule has 0 bridgehead atoms. The quantitative estimate of drug-likeness (QED) is 0.107. The van der Waals surface area contributed by atoms with E-state index < -0.39 is 17.7 Å². The van der Waals surface area contributed by atoms with E-state index in [0.717, 1.165) is 18.4 Å². The molecule has 1 fully saturated rings. The highest BCUT2D eigenvalue weighted by atomic mass is 32.1. The van der Waals surface area contributed by atoms with Gasteiger partial charge in [0, 0.05) is 17.1 Å². The number of unbranched alkanes of at least 4 members (excludes halogenated alkanes) is 1. The van der Waals surface area contributed by atoms with Crippen molar-refractivity contribution in [2.24, 2.45) is 0 Å². The van der Waals surface area contributed by atoms with Crippen molar-refractivity contribution in [3.05, 3.63) is 113 Å². The molecule has 39 heavy (non-hydrogen) atoms. The fourth-order valence-corrected chi connectivity index (χ4v) is 5.06. The minimum Gasteiger partial charge on any atom is -0.507 e. The van der Waals surface area contributed by atoms with Crippen molar-refractivity contribution in [1.29, 1.82) is 0 Å². The third kappa shape index (κ3) is 5.71. The molecule has 1 aromatic heterocycles. The maximum atomic E-state index is 13.3. The smallest absolute Gasteiger partial charge is 0.301 e. The van der Waals surface area contributed by atoms with Crippen molar-refractivity contribution in [2.75, 3.05) is 11.5 Å². The number of ether oxygens (including phenoxy) is 2. The molecule has 3 aromatic carbocycles. The Bertz CT molecular complexity index is 1470. The van der Waals surface area contributed by atoms with Gasteiger partial charge in [-0.1, -0.05) is 67.9 Å². The topological polar surface area (TPSA) is 89.0 Å². The maximum Gasteiger partial charge on any atom is 0.301 e.